The molecular weight excluding hydrogens is 679 g/mol. The minimum absolute atomic E-state index is 0.316. The molecule has 264 valence electrons. The SMILES string of the molecule is CC1(c2cccc3oc4c(-c5ccc(-c6ccc(N(c7ccccc7)c7cccc8ccccc78)cc6)cc5)cccc4c23)c2ccccc2-c2ccccc21. The van der Waals surface area contributed by atoms with Gasteiger partial charge < -0.3 is 9.32 Å². The fraction of sp³-hybridized carbons (Fsp3) is 0.0370. The van der Waals surface area contributed by atoms with Gasteiger partial charge in [-0.15, -0.1) is 0 Å². The summed E-state index contributed by atoms with van der Waals surface area (Å²) >= 11 is 0. The van der Waals surface area contributed by atoms with Crippen LogP contribution in [-0.2, 0) is 5.41 Å². The van der Waals surface area contributed by atoms with Crippen LogP contribution in [0.1, 0.15) is 23.6 Å². The van der Waals surface area contributed by atoms with Gasteiger partial charge in [-0.25, -0.2) is 0 Å². The number of hydrogen-bond acceptors (Lipinski definition) is 2. The Morgan fingerprint density at radius 2 is 0.911 bits per heavy atom. The van der Waals surface area contributed by atoms with Gasteiger partial charge in [0.15, 0.2) is 0 Å². The summed E-state index contributed by atoms with van der Waals surface area (Å²) in [5, 5.41) is 4.77. The Balaban J connectivity index is 0.962. The normalized spacial score (nSPS) is 12.9. The van der Waals surface area contributed by atoms with E-state index in [-0.39, 0.29) is 5.41 Å². The number of nitrogens with zero attached hydrogens (tertiary/aromatic N) is 1. The average molecular weight is 716 g/mol. The maximum absolute atomic E-state index is 6.80. The van der Waals surface area contributed by atoms with Crippen LogP contribution in [-0.4, -0.2) is 0 Å². The van der Waals surface area contributed by atoms with Crippen molar-refractivity contribution in [2.45, 2.75) is 12.3 Å². The van der Waals surface area contributed by atoms with Gasteiger partial charge in [0, 0.05) is 38.5 Å². The second kappa shape index (κ2) is 12.7. The lowest BCUT2D eigenvalue weighted by atomic mass is 9.73. The van der Waals surface area contributed by atoms with Crippen LogP contribution in [0.15, 0.2) is 211 Å². The van der Waals surface area contributed by atoms with E-state index in [0.29, 0.717) is 0 Å². The lowest BCUT2D eigenvalue weighted by Gasteiger charge is -2.29. The molecule has 1 heterocycles. The summed E-state index contributed by atoms with van der Waals surface area (Å²) in [5.74, 6) is 0. The van der Waals surface area contributed by atoms with Crippen LogP contribution in [0.25, 0.3) is 66.1 Å². The van der Waals surface area contributed by atoms with E-state index in [0.717, 1.165) is 44.7 Å². The molecule has 56 heavy (non-hydrogen) atoms. The summed E-state index contributed by atoms with van der Waals surface area (Å²) in [6, 6.07) is 74.4. The summed E-state index contributed by atoms with van der Waals surface area (Å²) in [7, 11) is 0. The van der Waals surface area contributed by atoms with Gasteiger partial charge in [0.25, 0.3) is 0 Å². The molecule has 0 aliphatic heterocycles. The third-order valence-electron chi connectivity index (χ3n) is 12.0. The Bertz CT molecular complexity index is 3030. The first-order valence-electron chi connectivity index (χ1n) is 19.3. The highest BCUT2D eigenvalue weighted by atomic mass is 16.3. The molecule has 1 aliphatic rings. The summed E-state index contributed by atoms with van der Waals surface area (Å²) in [6.45, 7) is 2.38. The first-order chi connectivity index (χ1) is 27.7. The third kappa shape index (κ3) is 4.89. The molecule has 1 aliphatic carbocycles. The monoisotopic (exact) mass is 715 g/mol. The van der Waals surface area contributed by atoms with Crippen LogP contribution in [0.3, 0.4) is 0 Å². The van der Waals surface area contributed by atoms with E-state index in [4.69, 9.17) is 4.42 Å². The highest BCUT2D eigenvalue weighted by Crippen LogP contribution is 2.54. The van der Waals surface area contributed by atoms with Crippen molar-refractivity contribution in [2.24, 2.45) is 0 Å². The van der Waals surface area contributed by atoms with E-state index >= 15 is 0 Å². The van der Waals surface area contributed by atoms with Crippen LogP contribution in [0.4, 0.5) is 17.1 Å². The van der Waals surface area contributed by atoms with E-state index in [1.54, 1.807) is 0 Å². The number of rotatable bonds is 6. The Morgan fingerprint density at radius 3 is 1.66 bits per heavy atom. The molecule has 0 atom stereocenters. The van der Waals surface area contributed by atoms with Gasteiger partial charge in [0.05, 0.1) is 5.69 Å². The fourth-order valence-electron chi connectivity index (χ4n) is 9.29. The molecule has 0 spiro atoms. The predicted octanol–water partition coefficient (Wildman–Crippen LogP) is 14.9. The second-order valence-corrected chi connectivity index (χ2v) is 15.0. The van der Waals surface area contributed by atoms with Crippen LogP contribution < -0.4 is 4.90 Å². The molecule has 0 saturated heterocycles. The molecule has 2 nitrogen and oxygen atoms in total. The smallest absolute Gasteiger partial charge is 0.143 e. The van der Waals surface area contributed by atoms with Gasteiger partial charge in [-0.05, 0) is 93.2 Å². The van der Waals surface area contributed by atoms with Crippen LogP contribution in [0, 0.1) is 0 Å². The zero-order valence-electron chi connectivity index (χ0n) is 31.0. The van der Waals surface area contributed by atoms with Crippen LogP contribution >= 0.6 is 0 Å². The van der Waals surface area contributed by atoms with Gasteiger partial charge in [0.1, 0.15) is 11.2 Å². The second-order valence-electron chi connectivity index (χ2n) is 15.0. The van der Waals surface area contributed by atoms with Crippen molar-refractivity contribution >= 4 is 49.8 Å². The molecule has 11 rings (SSSR count). The Morgan fingerprint density at radius 1 is 0.393 bits per heavy atom. The van der Waals surface area contributed by atoms with Crippen LogP contribution in [0.2, 0.25) is 0 Å². The van der Waals surface area contributed by atoms with Gasteiger partial charge in [-0.3, -0.25) is 0 Å². The zero-order valence-corrected chi connectivity index (χ0v) is 31.0. The number of anilines is 3. The van der Waals surface area contributed by atoms with E-state index in [2.05, 4.69) is 218 Å². The van der Waals surface area contributed by atoms with Crippen molar-refractivity contribution < 1.29 is 4.42 Å². The third-order valence-corrected chi connectivity index (χ3v) is 12.0. The van der Waals surface area contributed by atoms with E-state index < -0.39 is 0 Å². The molecule has 0 bridgehead atoms. The molecule has 1 aromatic heterocycles. The summed E-state index contributed by atoms with van der Waals surface area (Å²) in [4.78, 5) is 2.35. The zero-order chi connectivity index (χ0) is 37.2. The molecule has 9 aromatic carbocycles. The average Bonchev–Trinajstić information content (AvgIpc) is 3.78. The van der Waals surface area contributed by atoms with E-state index in [1.807, 2.05) is 0 Å². The summed E-state index contributed by atoms with van der Waals surface area (Å²) < 4.78 is 6.80. The van der Waals surface area contributed by atoms with E-state index in [9.17, 15) is 0 Å². The van der Waals surface area contributed by atoms with Crippen molar-refractivity contribution in [3.8, 4) is 33.4 Å². The summed E-state index contributed by atoms with van der Waals surface area (Å²) in [5.41, 5.74) is 16.0. The molecule has 0 saturated carbocycles. The first kappa shape index (κ1) is 32.3. The highest BCUT2D eigenvalue weighted by molar-refractivity contribution is 6.12. The number of furan rings is 1. The summed E-state index contributed by atoms with van der Waals surface area (Å²) in [6.07, 6.45) is 0. The number of para-hydroxylation sites is 2. The first-order valence-corrected chi connectivity index (χ1v) is 19.3. The Kier molecular flexibility index (Phi) is 7.33. The maximum Gasteiger partial charge on any atom is 0.143 e. The maximum atomic E-state index is 6.80. The highest BCUT2D eigenvalue weighted by Gasteiger charge is 2.42. The quantitative estimate of drug-likeness (QED) is 0.170. The van der Waals surface area contributed by atoms with Gasteiger partial charge in [0.2, 0.25) is 0 Å². The van der Waals surface area contributed by atoms with Gasteiger partial charge in [-0.2, -0.15) is 0 Å². The molecule has 10 aromatic rings. The Hall–Kier alpha value is -7.16. The molecule has 0 N–H and O–H groups in total. The van der Waals surface area contributed by atoms with Crippen molar-refractivity contribution in [2.75, 3.05) is 4.90 Å². The molecule has 0 fully saturated rings. The standard InChI is InChI=1S/C54H37NO/c1-54(47-23-9-7-19-44(47)45-20-8-10-24-48(45)54)49-25-13-27-51-52(49)46-22-12-21-43(53(46)56-51)39-30-28-36(29-31-39)37-32-34-41(35-33-37)55(40-16-3-2-4-17-40)50-26-11-15-38-14-5-6-18-42(38)50/h2-35H,1H3. The Labute approximate surface area is 326 Å². The molecule has 2 heteroatoms. The largest absolute Gasteiger partial charge is 0.455 e. The van der Waals surface area contributed by atoms with Gasteiger partial charge in [-0.1, -0.05) is 170 Å². The fourth-order valence-corrected chi connectivity index (χ4v) is 9.29. The molecular formula is C54H37NO. The van der Waals surface area contributed by atoms with Crippen molar-refractivity contribution in [1.29, 1.82) is 0 Å². The molecule has 0 amide bonds. The van der Waals surface area contributed by atoms with Gasteiger partial charge >= 0.3 is 0 Å². The minimum atomic E-state index is -0.316. The van der Waals surface area contributed by atoms with E-state index in [1.165, 1.54) is 55.1 Å². The number of hydrogen-bond donors (Lipinski definition) is 0. The van der Waals surface area contributed by atoms with Crippen molar-refractivity contribution in [3.63, 3.8) is 0 Å². The number of fused-ring (bicyclic) bond motifs is 7. The van der Waals surface area contributed by atoms with Crippen molar-refractivity contribution in [3.05, 3.63) is 223 Å². The van der Waals surface area contributed by atoms with Crippen molar-refractivity contribution in [1.82, 2.24) is 0 Å². The lowest BCUT2D eigenvalue weighted by Crippen LogP contribution is -2.22. The molecule has 0 unspecified atom stereocenters. The number of benzene rings is 9. The van der Waals surface area contributed by atoms with Crippen LogP contribution in [0.5, 0.6) is 0 Å². The lowest BCUT2D eigenvalue weighted by molar-refractivity contribution is 0.667. The molecule has 0 radical (unpaired) electrons. The predicted molar refractivity (Wildman–Crippen MR) is 234 cm³/mol. The topological polar surface area (TPSA) is 16.4 Å². The minimum Gasteiger partial charge on any atom is -0.455 e.